The zero-order valence-corrected chi connectivity index (χ0v) is 15.1. The van der Waals surface area contributed by atoms with Gasteiger partial charge in [-0.1, -0.05) is 12.1 Å². The molecule has 3 rings (SSSR count). The molecule has 1 saturated heterocycles. The summed E-state index contributed by atoms with van der Waals surface area (Å²) in [6.07, 6.45) is 4.95. The minimum absolute atomic E-state index is 0.0955. The van der Waals surface area contributed by atoms with Crippen LogP contribution in [0.4, 0.5) is 0 Å². The highest BCUT2D eigenvalue weighted by atomic mass is 127. The SMILES string of the molecule is CC1(C)CC(n2ccnc2-c2ccc(I)cc2)C(C)(C)O1. The van der Waals surface area contributed by atoms with Gasteiger partial charge in [-0.05, 0) is 68.8 Å². The Morgan fingerprint density at radius 3 is 2.43 bits per heavy atom. The average molecular weight is 396 g/mol. The van der Waals surface area contributed by atoms with Gasteiger partial charge in [-0.3, -0.25) is 0 Å². The van der Waals surface area contributed by atoms with Gasteiger partial charge in [-0.25, -0.2) is 4.98 Å². The fraction of sp³-hybridized carbons (Fsp3) is 0.471. The van der Waals surface area contributed by atoms with Gasteiger partial charge < -0.3 is 9.30 Å². The standard InChI is InChI=1S/C17H21IN2O/c1-16(2)11-14(17(3,4)21-16)20-10-9-19-15(20)12-5-7-13(18)8-6-12/h5-10,14H,11H2,1-4H3. The van der Waals surface area contributed by atoms with Crippen LogP contribution in [-0.2, 0) is 4.74 Å². The molecule has 1 aliphatic rings. The van der Waals surface area contributed by atoms with Crippen LogP contribution >= 0.6 is 22.6 Å². The van der Waals surface area contributed by atoms with Crippen LogP contribution in [0.3, 0.4) is 0 Å². The third kappa shape index (κ3) is 2.88. The molecule has 112 valence electrons. The summed E-state index contributed by atoms with van der Waals surface area (Å²) in [6.45, 7) is 8.67. The van der Waals surface area contributed by atoms with Gasteiger partial charge >= 0.3 is 0 Å². The van der Waals surface area contributed by atoms with Gasteiger partial charge in [0.2, 0.25) is 0 Å². The maximum absolute atomic E-state index is 6.23. The van der Waals surface area contributed by atoms with Gasteiger partial charge in [-0.2, -0.15) is 0 Å². The van der Waals surface area contributed by atoms with E-state index >= 15 is 0 Å². The van der Waals surface area contributed by atoms with Crippen molar-refractivity contribution >= 4 is 22.6 Å². The number of imidazole rings is 1. The fourth-order valence-corrected chi connectivity index (χ4v) is 3.71. The first-order chi connectivity index (χ1) is 9.78. The molecule has 1 aromatic heterocycles. The topological polar surface area (TPSA) is 27.1 Å². The van der Waals surface area contributed by atoms with Crippen LogP contribution in [0, 0.1) is 3.57 Å². The molecule has 2 heterocycles. The molecule has 4 heteroatoms. The molecule has 0 amide bonds. The number of nitrogens with zero attached hydrogens (tertiary/aromatic N) is 2. The molecule has 0 aliphatic carbocycles. The van der Waals surface area contributed by atoms with E-state index in [0.29, 0.717) is 6.04 Å². The summed E-state index contributed by atoms with van der Waals surface area (Å²) in [7, 11) is 0. The van der Waals surface area contributed by atoms with Gasteiger partial charge in [0.25, 0.3) is 0 Å². The van der Waals surface area contributed by atoms with E-state index < -0.39 is 0 Å². The molecule has 0 bridgehead atoms. The van der Waals surface area contributed by atoms with Crippen molar-refractivity contribution in [2.45, 2.75) is 51.4 Å². The molecule has 3 nitrogen and oxygen atoms in total. The Labute approximate surface area is 139 Å². The van der Waals surface area contributed by atoms with E-state index in [0.717, 1.165) is 17.8 Å². The van der Waals surface area contributed by atoms with E-state index in [-0.39, 0.29) is 11.2 Å². The van der Waals surface area contributed by atoms with Gasteiger partial charge in [0, 0.05) is 21.5 Å². The molecule has 0 spiro atoms. The zero-order chi connectivity index (χ0) is 15.3. The van der Waals surface area contributed by atoms with Crippen molar-refractivity contribution in [2.24, 2.45) is 0 Å². The minimum atomic E-state index is -0.192. The van der Waals surface area contributed by atoms with Crippen LogP contribution in [0.5, 0.6) is 0 Å². The summed E-state index contributed by atoms with van der Waals surface area (Å²) in [4.78, 5) is 4.58. The molecule has 1 aromatic carbocycles. The summed E-state index contributed by atoms with van der Waals surface area (Å²) < 4.78 is 9.74. The van der Waals surface area contributed by atoms with E-state index in [1.54, 1.807) is 0 Å². The number of ether oxygens (including phenoxy) is 1. The molecule has 1 aliphatic heterocycles. The highest BCUT2D eigenvalue weighted by molar-refractivity contribution is 14.1. The highest BCUT2D eigenvalue weighted by Gasteiger charge is 2.47. The molecule has 1 unspecified atom stereocenters. The number of halogens is 1. The van der Waals surface area contributed by atoms with Crippen molar-refractivity contribution in [3.05, 3.63) is 40.2 Å². The number of benzene rings is 1. The summed E-state index contributed by atoms with van der Waals surface area (Å²) >= 11 is 2.32. The van der Waals surface area contributed by atoms with Gasteiger partial charge in [0.15, 0.2) is 0 Å². The summed E-state index contributed by atoms with van der Waals surface area (Å²) in [6, 6.07) is 8.80. The quantitative estimate of drug-likeness (QED) is 0.690. The maximum atomic E-state index is 6.23. The monoisotopic (exact) mass is 396 g/mol. The lowest BCUT2D eigenvalue weighted by Gasteiger charge is -2.29. The number of hydrogen-bond donors (Lipinski definition) is 0. The van der Waals surface area contributed by atoms with Crippen LogP contribution in [0.25, 0.3) is 11.4 Å². The summed E-state index contributed by atoms with van der Waals surface area (Å²) in [5, 5.41) is 0. The van der Waals surface area contributed by atoms with Gasteiger partial charge in [0.05, 0.1) is 17.2 Å². The Bertz CT molecular complexity index is 643. The minimum Gasteiger partial charge on any atom is -0.367 e. The molecule has 0 radical (unpaired) electrons. The molecule has 1 fully saturated rings. The molecule has 0 saturated carbocycles. The van der Waals surface area contributed by atoms with Crippen molar-refractivity contribution in [1.29, 1.82) is 0 Å². The van der Waals surface area contributed by atoms with Crippen LogP contribution in [0.15, 0.2) is 36.7 Å². The molecular formula is C17H21IN2O. The second-order valence-corrected chi connectivity index (χ2v) is 8.10. The first-order valence-electron chi connectivity index (χ1n) is 7.27. The van der Waals surface area contributed by atoms with Crippen molar-refractivity contribution in [1.82, 2.24) is 9.55 Å². The first-order valence-corrected chi connectivity index (χ1v) is 8.35. The normalized spacial score (nSPS) is 23.4. The maximum Gasteiger partial charge on any atom is 0.140 e. The van der Waals surface area contributed by atoms with E-state index in [1.165, 1.54) is 3.57 Å². The average Bonchev–Trinajstić information content (AvgIpc) is 2.91. The highest BCUT2D eigenvalue weighted by Crippen LogP contribution is 2.46. The van der Waals surface area contributed by atoms with Crippen LogP contribution in [0.1, 0.15) is 40.2 Å². The van der Waals surface area contributed by atoms with Crippen LogP contribution in [-0.4, -0.2) is 20.8 Å². The number of aromatic nitrogens is 2. The predicted molar refractivity (Wildman–Crippen MR) is 93.3 cm³/mol. The Kier molecular flexibility index (Phi) is 3.64. The van der Waals surface area contributed by atoms with E-state index in [2.05, 4.69) is 90.3 Å². The summed E-state index contributed by atoms with van der Waals surface area (Å²) in [5.74, 6) is 1.02. The largest absolute Gasteiger partial charge is 0.367 e. The Balaban J connectivity index is 2.02. The Morgan fingerprint density at radius 1 is 1.19 bits per heavy atom. The first kappa shape index (κ1) is 15.0. The Morgan fingerprint density at radius 2 is 1.86 bits per heavy atom. The van der Waals surface area contributed by atoms with E-state index in [4.69, 9.17) is 4.74 Å². The second kappa shape index (κ2) is 5.09. The molecule has 21 heavy (non-hydrogen) atoms. The molecule has 2 aromatic rings. The van der Waals surface area contributed by atoms with E-state index in [9.17, 15) is 0 Å². The molecular weight excluding hydrogens is 375 g/mol. The fourth-order valence-electron chi connectivity index (χ4n) is 3.35. The molecule has 1 atom stereocenters. The second-order valence-electron chi connectivity index (χ2n) is 6.85. The lowest BCUT2D eigenvalue weighted by molar-refractivity contribution is -0.0728. The van der Waals surface area contributed by atoms with Crippen molar-refractivity contribution in [3.63, 3.8) is 0 Å². The van der Waals surface area contributed by atoms with Crippen LogP contribution < -0.4 is 0 Å². The van der Waals surface area contributed by atoms with Crippen LogP contribution in [0.2, 0.25) is 0 Å². The van der Waals surface area contributed by atoms with Crippen molar-refractivity contribution < 1.29 is 4.74 Å². The Hall–Kier alpha value is -0.880. The van der Waals surface area contributed by atoms with E-state index in [1.807, 2.05) is 6.20 Å². The number of hydrogen-bond acceptors (Lipinski definition) is 2. The van der Waals surface area contributed by atoms with Crippen molar-refractivity contribution in [2.75, 3.05) is 0 Å². The third-order valence-electron chi connectivity index (χ3n) is 4.13. The lowest BCUT2D eigenvalue weighted by Crippen LogP contribution is -2.31. The van der Waals surface area contributed by atoms with Gasteiger partial charge in [-0.15, -0.1) is 0 Å². The third-order valence-corrected chi connectivity index (χ3v) is 4.85. The molecule has 0 N–H and O–H groups in total. The van der Waals surface area contributed by atoms with Gasteiger partial charge in [0.1, 0.15) is 5.82 Å². The lowest BCUT2D eigenvalue weighted by atomic mass is 9.94. The number of rotatable bonds is 2. The van der Waals surface area contributed by atoms with Crippen molar-refractivity contribution in [3.8, 4) is 11.4 Å². The smallest absolute Gasteiger partial charge is 0.140 e. The predicted octanol–water partition coefficient (Wildman–Crippen LogP) is 4.67. The summed E-state index contributed by atoms with van der Waals surface area (Å²) in [5.41, 5.74) is 0.866. The zero-order valence-electron chi connectivity index (χ0n) is 12.9.